The number of carbonyl (C=O) groups is 2. The number of nitrogens with one attached hydrogen (secondary N) is 2. The molecule has 2 amide bonds. The first kappa shape index (κ1) is 23.3. The zero-order chi connectivity index (χ0) is 21.2. The summed E-state index contributed by atoms with van der Waals surface area (Å²) >= 11 is 2.15. The lowest BCUT2D eigenvalue weighted by atomic mass is 9.85. The molecule has 0 saturated heterocycles. The number of aromatic nitrogens is 2. The average molecular weight is 508 g/mol. The summed E-state index contributed by atoms with van der Waals surface area (Å²) in [6, 6.07) is 8.54. The number of halogens is 1. The Hall–Kier alpha value is -2.01. The summed E-state index contributed by atoms with van der Waals surface area (Å²) in [5, 5.41) is 15.4. The molecule has 2 aromatic rings. The average Bonchev–Trinajstić information content (AvgIpc) is 2.73. The Balaban J connectivity index is 2.18. The van der Waals surface area contributed by atoms with E-state index in [9.17, 15) is 14.6 Å². The van der Waals surface area contributed by atoms with Crippen LogP contribution >= 0.6 is 22.6 Å². The third kappa shape index (κ3) is 7.73. The van der Waals surface area contributed by atoms with Gasteiger partial charge in [0.15, 0.2) is 0 Å². The molecular weight excluding hydrogens is 482 g/mol. The molecule has 0 spiro atoms. The highest BCUT2D eigenvalue weighted by molar-refractivity contribution is 14.1. The Bertz CT molecular complexity index is 780. The van der Waals surface area contributed by atoms with Crippen LogP contribution in [0.15, 0.2) is 48.9 Å². The normalized spacial score (nSPS) is 14.0. The molecule has 7 nitrogen and oxygen atoms in total. The van der Waals surface area contributed by atoms with Gasteiger partial charge in [0.2, 0.25) is 5.91 Å². The van der Waals surface area contributed by atoms with Crippen molar-refractivity contribution in [1.29, 1.82) is 0 Å². The van der Waals surface area contributed by atoms with Crippen molar-refractivity contribution >= 4 is 41.9 Å². The van der Waals surface area contributed by atoms with Crippen LogP contribution in [0.5, 0.6) is 0 Å². The quantitative estimate of drug-likeness (QED) is 0.256. The van der Waals surface area contributed by atoms with Gasteiger partial charge in [0.25, 0.3) is 13.4 Å². The van der Waals surface area contributed by atoms with Crippen LogP contribution in [0, 0.1) is 5.92 Å². The molecule has 2 rings (SSSR count). The Morgan fingerprint density at radius 3 is 2.48 bits per heavy atom. The number of alkyl halides is 1. The predicted octanol–water partition coefficient (Wildman–Crippen LogP) is 1.45. The lowest BCUT2D eigenvalue weighted by molar-refractivity contribution is -0.123. The maximum atomic E-state index is 13.1. The van der Waals surface area contributed by atoms with Gasteiger partial charge in [0.1, 0.15) is 11.7 Å². The summed E-state index contributed by atoms with van der Waals surface area (Å²) in [5.41, 5.74) is 1.08. The van der Waals surface area contributed by atoms with Crippen molar-refractivity contribution in [2.75, 3.05) is 0 Å². The molecule has 0 bridgehead atoms. The maximum Gasteiger partial charge on any atom is 0.285 e. The lowest BCUT2D eigenvalue weighted by Gasteiger charge is -2.27. The lowest BCUT2D eigenvalue weighted by Crippen LogP contribution is -2.53. The van der Waals surface area contributed by atoms with Crippen LogP contribution in [0.4, 0.5) is 0 Å². The van der Waals surface area contributed by atoms with E-state index >= 15 is 0 Å². The summed E-state index contributed by atoms with van der Waals surface area (Å²) in [7, 11) is -0.0342. The third-order valence-electron chi connectivity index (χ3n) is 4.36. The van der Waals surface area contributed by atoms with Crippen LogP contribution in [0.25, 0.3) is 0 Å². The first-order chi connectivity index (χ1) is 13.9. The Labute approximate surface area is 185 Å². The number of hydrogen-bond acceptors (Lipinski definition) is 5. The predicted molar refractivity (Wildman–Crippen MR) is 122 cm³/mol. The van der Waals surface area contributed by atoms with E-state index < -0.39 is 11.9 Å². The highest BCUT2D eigenvalue weighted by Gasteiger charge is 2.28. The number of carbonyl (C=O) groups excluding carboxylic acids is 2. The van der Waals surface area contributed by atoms with Gasteiger partial charge in [-0.3, -0.25) is 14.6 Å². The molecule has 29 heavy (non-hydrogen) atoms. The molecule has 1 aromatic heterocycles. The van der Waals surface area contributed by atoms with E-state index in [4.69, 9.17) is 0 Å². The largest absolute Gasteiger partial charge is 0.453 e. The van der Waals surface area contributed by atoms with Crippen molar-refractivity contribution in [2.24, 2.45) is 5.92 Å². The first-order valence-corrected chi connectivity index (χ1v) is 10.8. The summed E-state index contributed by atoms with van der Waals surface area (Å²) < 4.78 is -0.119. The highest BCUT2D eigenvalue weighted by atomic mass is 127. The molecule has 0 radical (unpaired) electrons. The minimum atomic E-state index is -0.774. The van der Waals surface area contributed by atoms with Crippen LogP contribution in [0.2, 0.25) is 0 Å². The van der Waals surface area contributed by atoms with Crippen LogP contribution in [-0.2, 0) is 11.2 Å². The van der Waals surface area contributed by atoms with Crippen molar-refractivity contribution in [3.63, 3.8) is 0 Å². The Kier molecular flexibility index (Phi) is 9.52. The van der Waals surface area contributed by atoms with E-state index in [-0.39, 0.29) is 28.9 Å². The number of hydrogen-bond donors (Lipinski definition) is 3. The number of rotatable bonds is 10. The van der Waals surface area contributed by atoms with Crippen LogP contribution < -0.4 is 10.6 Å². The summed E-state index contributed by atoms with van der Waals surface area (Å²) in [6.45, 7) is 4.13. The third-order valence-corrected chi connectivity index (χ3v) is 5.63. The van der Waals surface area contributed by atoms with Gasteiger partial charge < -0.3 is 15.7 Å². The van der Waals surface area contributed by atoms with E-state index in [2.05, 4.69) is 57.0 Å². The Morgan fingerprint density at radius 2 is 1.90 bits per heavy atom. The monoisotopic (exact) mass is 508 g/mol. The van der Waals surface area contributed by atoms with Gasteiger partial charge >= 0.3 is 0 Å². The fraction of sp³-hybridized carbons (Fsp3) is 0.400. The van der Waals surface area contributed by atoms with Crippen LogP contribution in [0.3, 0.4) is 0 Å². The fourth-order valence-electron chi connectivity index (χ4n) is 2.92. The van der Waals surface area contributed by atoms with Gasteiger partial charge in [0, 0.05) is 28.7 Å². The van der Waals surface area contributed by atoms with Crippen LogP contribution in [-0.4, -0.2) is 50.2 Å². The van der Waals surface area contributed by atoms with E-state index in [1.54, 1.807) is 0 Å². The fourth-order valence-corrected chi connectivity index (χ4v) is 3.40. The molecule has 1 heterocycles. The second kappa shape index (κ2) is 11.9. The molecule has 154 valence electrons. The number of benzene rings is 1. The standard InChI is InChI=1S/C20H26BIN4O3/c1-13(2)10-15(18(22)21-29)25-19(27)16(11-14-6-4-3-5-7-14)26-20(28)17-12-23-8-9-24-17/h3-9,12-13,15-16,18,21,29H,10-11H2,1-2H3,(H,25,27)(H,26,28)/t15-,16-,18+/m0/s1. The van der Waals surface area contributed by atoms with Crippen molar-refractivity contribution in [1.82, 2.24) is 20.6 Å². The van der Waals surface area contributed by atoms with Gasteiger partial charge in [-0.2, -0.15) is 0 Å². The molecule has 0 saturated carbocycles. The second-order valence-corrected chi connectivity index (χ2v) is 8.85. The molecule has 9 heteroatoms. The van der Waals surface area contributed by atoms with Gasteiger partial charge in [-0.1, -0.05) is 66.8 Å². The molecule has 3 N–H and O–H groups in total. The van der Waals surface area contributed by atoms with Crippen LogP contribution in [0.1, 0.15) is 36.3 Å². The molecule has 0 aliphatic carbocycles. The minimum absolute atomic E-state index is 0.0342. The summed E-state index contributed by atoms with van der Waals surface area (Å²) in [5.74, 6) is -0.388. The summed E-state index contributed by atoms with van der Waals surface area (Å²) in [4.78, 5) is 33.6. The molecule has 0 aliphatic heterocycles. The van der Waals surface area contributed by atoms with Gasteiger partial charge in [-0.15, -0.1) is 0 Å². The van der Waals surface area contributed by atoms with Gasteiger partial charge in [0.05, 0.1) is 6.20 Å². The summed E-state index contributed by atoms with van der Waals surface area (Å²) in [6.07, 6.45) is 5.36. The van der Waals surface area contributed by atoms with Crippen molar-refractivity contribution in [2.45, 2.75) is 42.6 Å². The molecule has 0 unspecified atom stereocenters. The SMILES string of the molecule is CC(C)C[C@H](NC(=O)[C@H](Cc1ccccc1)NC(=O)c1cnccn1)[C@@H](I)BO. The van der Waals surface area contributed by atoms with E-state index in [0.717, 1.165) is 12.0 Å². The molecule has 0 aliphatic rings. The zero-order valence-electron chi connectivity index (χ0n) is 16.6. The number of amides is 2. The number of nitrogens with zero attached hydrogens (tertiary/aromatic N) is 2. The van der Waals surface area contributed by atoms with Gasteiger partial charge in [-0.05, 0) is 17.9 Å². The van der Waals surface area contributed by atoms with Gasteiger partial charge in [-0.25, -0.2) is 4.98 Å². The molecule has 1 aromatic carbocycles. The maximum absolute atomic E-state index is 13.1. The highest BCUT2D eigenvalue weighted by Crippen LogP contribution is 2.15. The van der Waals surface area contributed by atoms with E-state index in [0.29, 0.717) is 12.3 Å². The molecule has 3 atom stereocenters. The van der Waals surface area contributed by atoms with Crippen molar-refractivity contribution in [3.8, 4) is 0 Å². The van der Waals surface area contributed by atoms with E-state index in [1.165, 1.54) is 18.6 Å². The zero-order valence-corrected chi connectivity index (χ0v) is 18.7. The molecular formula is C20H26BIN4O3. The minimum Gasteiger partial charge on any atom is -0.453 e. The smallest absolute Gasteiger partial charge is 0.285 e. The van der Waals surface area contributed by atoms with E-state index in [1.807, 2.05) is 30.3 Å². The molecule has 0 fully saturated rings. The topological polar surface area (TPSA) is 104 Å². The first-order valence-electron chi connectivity index (χ1n) is 9.56. The van der Waals surface area contributed by atoms with Crippen molar-refractivity contribution < 1.29 is 14.6 Å². The van der Waals surface area contributed by atoms with Crippen molar-refractivity contribution in [3.05, 3.63) is 60.2 Å². The second-order valence-electron chi connectivity index (χ2n) is 7.25. The Morgan fingerprint density at radius 1 is 1.17 bits per heavy atom.